The fraction of sp³-hybridized carbons (Fsp3) is 0.222. The fourth-order valence-corrected chi connectivity index (χ4v) is 2.94. The molecule has 11 heteroatoms. The van der Waals surface area contributed by atoms with Crippen molar-refractivity contribution in [2.24, 2.45) is 5.73 Å². The second kappa shape index (κ2) is 15.9. The van der Waals surface area contributed by atoms with E-state index in [1.54, 1.807) is 68.5 Å². The van der Waals surface area contributed by atoms with Crippen molar-refractivity contribution in [2.45, 2.75) is 20.8 Å². The molecule has 0 aliphatic carbocycles. The minimum absolute atomic E-state index is 0.166. The van der Waals surface area contributed by atoms with E-state index in [0.717, 1.165) is 6.92 Å². The standard InChI is InChI=1S/C25H28N4O5.C2H4O2/c1-4-14-29(16-22(30)33-5-2)23(31)17(3)15-18-6-8-19(9-7-18)24(32)34-21-12-10-20(11-13-21)28-25(26)27;1-2(3)4/h4,6-13,15H,1,5,14,16H2,2-3H3,(H4,26,27,28);1H3,(H,3,4). The SMILES string of the molecule is C=CCN(CC(=O)OCC)C(=O)C(C)=Cc1ccc(C(=O)Oc2ccc(NC(=N)N)cc2)cc1.CC(=O)O. The molecule has 0 radical (unpaired) electrons. The maximum atomic E-state index is 12.7. The predicted molar refractivity (Wildman–Crippen MR) is 144 cm³/mol. The first-order valence-corrected chi connectivity index (χ1v) is 11.4. The highest BCUT2D eigenvalue weighted by molar-refractivity contribution is 5.99. The normalized spacial score (nSPS) is 10.2. The summed E-state index contributed by atoms with van der Waals surface area (Å²) in [7, 11) is 0. The Labute approximate surface area is 221 Å². The number of hydrogen-bond acceptors (Lipinski definition) is 7. The number of guanidine groups is 1. The average molecular weight is 525 g/mol. The van der Waals surface area contributed by atoms with Crippen LogP contribution in [-0.2, 0) is 19.1 Å². The number of carbonyl (C=O) groups is 4. The monoisotopic (exact) mass is 524 g/mol. The van der Waals surface area contributed by atoms with E-state index < -0.39 is 17.9 Å². The van der Waals surface area contributed by atoms with Crippen molar-refractivity contribution in [1.82, 2.24) is 4.90 Å². The molecule has 0 atom stereocenters. The van der Waals surface area contributed by atoms with Gasteiger partial charge in [-0.3, -0.25) is 19.8 Å². The smallest absolute Gasteiger partial charge is 0.343 e. The number of amides is 1. The maximum absolute atomic E-state index is 12.7. The first-order chi connectivity index (χ1) is 18.0. The van der Waals surface area contributed by atoms with Crippen molar-refractivity contribution < 1.29 is 33.8 Å². The third kappa shape index (κ3) is 11.7. The third-order valence-corrected chi connectivity index (χ3v) is 4.47. The van der Waals surface area contributed by atoms with Crippen LogP contribution < -0.4 is 15.8 Å². The summed E-state index contributed by atoms with van der Waals surface area (Å²) in [6, 6.07) is 13.0. The molecule has 0 unspecified atom stereocenters. The summed E-state index contributed by atoms with van der Waals surface area (Å²) in [5.74, 6) is -2.03. The molecule has 202 valence electrons. The minimum atomic E-state index is -0.833. The van der Waals surface area contributed by atoms with E-state index in [-0.39, 0.29) is 31.6 Å². The van der Waals surface area contributed by atoms with Crippen LogP contribution in [0.1, 0.15) is 36.7 Å². The van der Waals surface area contributed by atoms with E-state index in [0.29, 0.717) is 28.1 Å². The number of rotatable bonds is 10. The molecule has 0 saturated heterocycles. The summed E-state index contributed by atoms with van der Waals surface area (Å²) < 4.78 is 10.3. The molecular weight excluding hydrogens is 492 g/mol. The van der Waals surface area contributed by atoms with Gasteiger partial charge in [-0.15, -0.1) is 6.58 Å². The number of aliphatic carboxylic acids is 1. The number of anilines is 1. The first-order valence-electron chi connectivity index (χ1n) is 11.4. The number of nitrogens with zero attached hydrogens (tertiary/aromatic N) is 1. The molecule has 0 bridgehead atoms. The van der Waals surface area contributed by atoms with Crippen molar-refractivity contribution in [1.29, 1.82) is 5.41 Å². The summed E-state index contributed by atoms with van der Waals surface area (Å²) in [5.41, 5.74) is 7.33. The zero-order valence-electron chi connectivity index (χ0n) is 21.5. The maximum Gasteiger partial charge on any atom is 0.343 e. The van der Waals surface area contributed by atoms with Crippen LogP contribution in [0.15, 0.2) is 66.8 Å². The molecule has 2 rings (SSSR count). The van der Waals surface area contributed by atoms with Gasteiger partial charge >= 0.3 is 11.9 Å². The minimum Gasteiger partial charge on any atom is -0.481 e. The lowest BCUT2D eigenvalue weighted by molar-refractivity contribution is -0.147. The number of nitrogens with one attached hydrogen (secondary N) is 2. The molecule has 0 fully saturated rings. The van der Waals surface area contributed by atoms with E-state index in [1.807, 2.05) is 0 Å². The van der Waals surface area contributed by atoms with Gasteiger partial charge in [-0.05, 0) is 61.9 Å². The van der Waals surface area contributed by atoms with Gasteiger partial charge in [0.15, 0.2) is 5.96 Å². The number of ether oxygens (including phenoxy) is 2. The highest BCUT2D eigenvalue weighted by atomic mass is 16.5. The quantitative estimate of drug-likeness (QED) is 0.0908. The third-order valence-electron chi connectivity index (χ3n) is 4.47. The Balaban J connectivity index is 0.00000168. The highest BCUT2D eigenvalue weighted by Gasteiger charge is 2.18. The van der Waals surface area contributed by atoms with E-state index in [2.05, 4.69) is 11.9 Å². The summed E-state index contributed by atoms with van der Waals surface area (Å²) in [6.07, 6.45) is 3.21. The van der Waals surface area contributed by atoms with Gasteiger partial charge in [-0.2, -0.15) is 0 Å². The van der Waals surface area contributed by atoms with Gasteiger partial charge in [-0.1, -0.05) is 18.2 Å². The van der Waals surface area contributed by atoms with Crippen molar-refractivity contribution in [2.75, 3.05) is 25.0 Å². The number of esters is 2. The first kappa shape index (κ1) is 31.1. The Morgan fingerprint density at radius 3 is 2.16 bits per heavy atom. The van der Waals surface area contributed by atoms with Crippen LogP contribution in [0.4, 0.5) is 5.69 Å². The lowest BCUT2D eigenvalue weighted by Gasteiger charge is -2.20. The fourth-order valence-electron chi connectivity index (χ4n) is 2.94. The van der Waals surface area contributed by atoms with Crippen LogP contribution >= 0.6 is 0 Å². The number of benzene rings is 2. The van der Waals surface area contributed by atoms with Crippen molar-refractivity contribution in [3.8, 4) is 5.75 Å². The molecule has 0 heterocycles. The highest BCUT2D eigenvalue weighted by Crippen LogP contribution is 2.18. The summed E-state index contributed by atoms with van der Waals surface area (Å²) in [5, 5.41) is 17.3. The average Bonchev–Trinajstić information content (AvgIpc) is 2.84. The number of hydrogen-bond donors (Lipinski definition) is 4. The lowest BCUT2D eigenvalue weighted by Crippen LogP contribution is -2.37. The zero-order chi connectivity index (χ0) is 28.7. The van der Waals surface area contributed by atoms with Gasteiger partial charge < -0.3 is 30.5 Å². The Morgan fingerprint density at radius 1 is 1.08 bits per heavy atom. The lowest BCUT2D eigenvalue weighted by atomic mass is 10.1. The van der Waals surface area contributed by atoms with Gasteiger partial charge in [0.25, 0.3) is 5.97 Å². The molecule has 0 aliphatic rings. The second-order valence-corrected chi connectivity index (χ2v) is 7.70. The zero-order valence-corrected chi connectivity index (χ0v) is 21.5. The van der Waals surface area contributed by atoms with E-state index in [1.165, 1.54) is 11.0 Å². The van der Waals surface area contributed by atoms with Crippen LogP contribution in [0.3, 0.4) is 0 Å². The predicted octanol–water partition coefficient (Wildman–Crippen LogP) is 3.28. The molecule has 0 spiro atoms. The van der Waals surface area contributed by atoms with E-state index >= 15 is 0 Å². The molecule has 0 saturated carbocycles. The van der Waals surface area contributed by atoms with Crippen LogP contribution in [-0.4, -0.2) is 59.5 Å². The Kier molecular flexibility index (Phi) is 13.0. The number of carboxylic acid groups (broad SMARTS) is 1. The second-order valence-electron chi connectivity index (χ2n) is 7.70. The van der Waals surface area contributed by atoms with Gasteiger partial charge in [0, 0.05) is 24.7 Å². The largest absolute Gasteiger partial charge is 0.481 e. The summed E-state index contributed by atoms with van der Waals surface area (Å²) in [4.78, 5) is 47.3. The molecular formula is C27H32N4O7. The van der Waals surface area contributed by atoms with Crippen LogP contribution in [0.2, 0.25) is 0 Å². The molecule has 1 amide bonds. The number of carbonyl (C=O) groups excluding carboxylic acids is 3. The van der Waals surface area contributed by atoms with E-state index in [9.17, 15) is 14.4 Å². The molecule has 38 heavy (non-hydrogen) atoms. The van der Waals surface area contributed by atoms with Crippen LogP contribution in [0, 0.1) is 5.41 Å². The van der Waals surface area contributed by atoms with Gasteiger partial charge in [0.2, 0.25) is 5.91 Å². The molecule has 2 aromatic carbocycles. The molecule has 0 aromatic heterocycles. The van der Waals surface area contributed by atoms with Gasteiger partial charge in [0.05, 0.1) is 12.2 Å². The number of nitrogens with two attached hydrogens (primary N) is 1. The summed E-state index contributed by atoms with van der Waals surface area (Å²) in [6.45, 7) is 8.34. The Hall–Kier alpha value is -4.93. The molecule has 5 N–H and O–H groups in total. The Morgan fingerprint density at radius 2 is 1.66 bits per heavy atom. The van der Waals surface area contributed by atoms with Crippen LogP contribution in [0.25, 0.3) is 6.08 Å². The number of carboxylic acids is 1. The summed E-state index contributed by atoms with van der Waals surface area (Å²) >= 11 is 0. The van der Waals surface area contributed by atoms with Crippen molar-refractivity contribution >= 4 is 41.5 Å². The topological polar surface area (TPSA) is 172 Å². The van der Waals surface area contributed by atoms with Crippen LogP contribution in [0.5, 0.6) is 5.75 Å². The van der Waals surface area contributed by atoms with Crippen molar-refractivity contribution in [3.63, 3.8) is 0 Å². The van der Waals surface area contributed by atoms with Crippen molar-refractivity contribution in [3.05, 3.63) is 77.9 Å². The van der Waals surface area contributed by atoms with Gasteiger partial charge in [-0.25, -0.2) is 4.79 Å². The molecule has 0 aliphatic heterocycles. The Bertz CT molecular complexity index is 1170. The molecule has 2 aromatic rings. The van der Waals surface area contributed by atoms with E-state index in [4.69, 9.17) is 30.5 Å². The molecule has 11 nitrogen and oxygen atoms in total. The van der Waals surface area contributed by atoms with Gasteiger partial charge in [0.1, 0.15) is 12.3 Å².